The summed E-state index contributed by atoms with van der Waals surface area (Å²) in [6.45, 7) is 0. The lowest BCUT2D eigenvalue weighted by Crippen LogP contribution is -2.03. The number of aromatic amines is 1. The van der Waals surface area contributed by atoms with E-state index in [9.17, 15) is 0 Å². The molecular formula is C9H10N4S. The van der Waals surface area contributed by atoms with Crippen LogP contribution in [0.1, 0.15) is 5.69 Å². The van der Waals surface area contributed by atoms with E-state index in [0.29, 0.717) is 15.9 Å². The highest BCUT2D eigenvalue weighted by atomic mass is 32.1. The molecule has 1 aromatic heterocycles. The van der Waals surface area contributed by atoms with Crippen molar-refractivity contribution in [2.75, 3.05) is 14.1 Å². The van der Waals surface area contributed by atoms with Crippen LogP contribution in [0.25, 0.3) is 5.57 Å². The van der Waals surface area contributed by atoms with E-state index in [1.807, 2.05) is 14.1 Å². The smallest absolute Gasteiger partial charge is 0.130 e. The number of rotatable bonds is 2. The van der Waals surface area contributed by atoms with Gasteiger partial charge in [-0.3, -0.25) is 0 Å². The molecule has 0 bridgehead atoms. The number of nitrogens with one attached hydrogen (secondary N) is 1. The molecule has 4 nitrogen and oxygen atoms in total. The lowest BCUT2D eigenvalue weighted by Gasteiger charge is -2.06. The third-order valence-electron chi connectivity index (χ3n) is 1.48. The van der Waals surface area contributed by atoms with Gasteiger partial charge in [0.25, 0.3) is 0 Å². The predicted octanol–water partition coefficient (Wildman–Crippen LogP) is 1.57. The van der Waals surface area contributed by atoms with Crippen LogP contribution in [0.3, 0.4) is 0 Å². The minimum absolute atomic E-state index is 0.471. The molecule has 14 heavy (non-hydrogen) atoms. The molecule has 0 unspecified atom stereocenters. The highest BCUT2D eigenvalue weighted by Crippen LogP contribution is 2.09. The highest BCUT2D eigenvalue weighted by Gasteiger charge is 2.00. The Hall–Kier alpha value is -1.67. The first-order valence-corrected chi connectivity index (χ1v) is 4.38. The quantitative estimate of drug-likeness (QED) is 0.589. The monoisotopic (exact) mass is 206 g/mol. The van der Waals surface area contributed by atoms with Gasteiger partial charge >= 0.3 is 0 Å². The van der Waals surface area contributed by atoms with Crippen LogP contribution in [-0.4, -0.2) is 29.0 Å². The summed E-state index contributed by atoms with van der Waals surface area (Å²) in [5.74, 6) is 0. The summed E-state index contributed by atoms with van der Waals surface area (Å²) < 4.78 is 0.471. The van der Waals surface area contributed by atoms with Crippen molar-refractivity contribution in [3.8, 4) is 6.07 Å². The predicted molar refractivity (Wildman–Crippen MR) is 56.7 cm³/mol. The third kappa shape index (κ3) is 2.68. The van der Waals surface area contributed by atoms with E-state index in [-0.39, 0.29) is 0 Å². The summed E-state index contributed by atoms with van der Waals surface area (Å²) >= 11 is 4.90. The molecule has 5 heteroatoms. The second-order valence-corrected chi connectivity index (χ2v) is 3.34. The van der Waals surface area contributed by atoms with E-state index in [1.165, 1.54) is 6.33 Å². The Bertz CT molecular complexity index is 439. The number of allylic oxidation sites excluding steroid dienone is 1. The second-order valence-electron chi connectivity index (χ2n) is 2.92. The Balaban J connectivity index is 3.16. The first-order valence-electron chi connectivity index (χ1n) is 3.97. The fraction of sp³-hybridized carbons (Fsp3) is 0.222. The molecule has 1 N–H and O–H groups in total. The normalized spacial score (nSPS) is 10.8. The molecular weight excluding hydrogens is 196 g/mol. The van der Waals surface area contributed by atoms with Crippen molar-refractivity contribution in [3.63, 3.8) is 0 Å². The van der Waals surface area contributed by atoms with Gasteiger partial charge < -0.3 is 9.88 Å². The molecule has 0 saturated carbocycles. The van der Waals surface area contributed by atoms with Crippen LogP contribution in [-0.2, 0) is 0 Å². The zero-order valence-electron chi connectivity index (χ0n) is 7.98. The van der Waals surface area contributed by atoms with Crippen molar-refractivity contribution in [1.82, 2.24) is 14.9 Å². The van der Waals surface area contributed by atoms with Crippen molar-refractivity contribution < 1.29 is 0 Å². The number of H-pyrrole nitrogens is 1. The molecule has 0 radical (unpaired) electrons. The lowest BCUT2D eigenvalue weighted by molar-refractivity contribution is 0.566. The van der Waals surface area contributed by atoms with Gasteiger partial charge in [-0.05, 0) is 6.07 Å². The maximum absolute atomic E-state index is 8.90. The average Bonchev–Trinajstić information content (AvgIpc) is 2.14. The van der Waals surface area contributed by atoms with Crippen LogP contribution in [0.4, 0.5) is 0 Å². The van der Waals surface area contributed by atoms with E-state index in [1.54, 1.807) is 17.2 Å². The van der Waals surface area contributed by atoms with Crippen molar-refractivity contribution in [3.05, 3.63) is 28.9 Å². The third-order valence-corrected chi connectivity index (χ3v) is 1.70. The van der Waals surface area contributed by atoms with Gasteiger partial charge in [0.15, 0.2) is 0 Å². The van der Waals surface area contributed by atoms with Crippen LogP contribution >= 0.6 is 12.2 Å². The molecule has 0 spiro atoms. The summed E-state index contributed by atoms with van der Waals surface area (Å²) in [6, 6.07) is 3.75. The van der Waals surface area contributed by atoms with Crippen molar-refractivity contribution in [2.45, 2.75) is 0 Å². The van der Waals surface area contributed by atoms with Gasteiger partial charge in [-0.25, -0.2) is 4.98 Å². The number of nitriles is 1. The Kier molecular flexibility index (Phi) is 3.37. The number of aromatic nitrogens is 2. The average molecular weight is 206 g/mol. The minimum atomic E-state index is 0.471. The Morgan fingerprint density at radius 3 is 2.93 bits per heavy atom. The summed E-state index contributed by atoms with van der Waals surface area (Å²) in [5, 5.41) is 8.90. The fourth-order valence-electron chi connectivity index (χ4n) is 0.940. The van der Waals surface area contributed by atoms with Crippen LogP contribution in [0, 0.1) is 16.0 Å². The zero-order valence-corrected chi connectivity index (χ0v) is 8.80. The van der Waals surface area contributed by atoms with Crippen molar-refractivity contribution in [2.24, 2.45) is 0 Å². The van der Waals surface area contributed by atoms with E-state index in [2.05, 4.69) is 16.0 Å². The molecule has 0 aliphatic carbocycles. The van der Waals surface area contributed by atoms with Crippen LogP contribution < -0.4 is 0 Å². The molecule has 1 aromatic rings. The Morgan fingerprint density at radius 2 is 2.43 bits per heavy atom. The van der Waals surface area contributed by atoms with Crippen molar-refractivity contribution >= 4 is 17.8 Å². The molecule has 0 atom stereocenters. The maximum atomic E-state index is 8.90. The van der Waals surface area contributed by atoms with Gasteiger partial charge in [-0.2, -0.15) is 5.26 Å². The molecule has 0 amide bonds. The summed E-state index contributed by atoms with van der Waals surface area (Å²) in [5.41, 5.74) is 1.21. The fourth-order valence-corrected chi connectivity index (χ4v) is 1.11. The highest BCUT2D eigenvalue weighted by molar-refractivity contribution is 7.71. The molecule has 0 saturated heterocycles. The first-order chi connectivity index (χ1) is 6.63. The van der Waals surface area contributed by atoms with Crippen molar-refractivity contribution in [1.29, 1.82) is 5.26 Å². The van der Waals surface area contributed by atoms with E-state index >= 15 is 0 Å². The van der Waals surface area contributed by atoms with Gasteiger partial charge in [0.1, 0.15) is 10.7 Å². The molecule has 1 rings (SSSR count). The summed E-state index contributed by atoms with van der Waals surface area (Å²) in [7, 11) is 3.71. The number of hydrogen-bond donors (Lipinski definition) is 1. The standard InChI is InChI=1S/C9H10N4S/c1-13(2)5-7(4-10)8-3-9(14)12-6-11-8/h3,5-6H,1-2H3,(H,11,12,14)/b7-5-. The van der Waals surface area contributed by atoms with Gasteiger partial charge in [0, 0.05) is 20.3 Å². The van der Waals surface area contributed by atoms with Gasteiger partial charge in [-0.1, -0.05) is 12.2 Å². The molecule has 72 valence electrons. The first kappa shape index (κ1) is 10.4. The zero-order chi connectivity index (χ0) is 10.6. The molecule has 0 aromatic carbocycles. The van der Waals surface area contributed by atoms with E-state index < -0.39 is 0 Å². The second kappa shape index (κ2) is 4.53. The topological polar surface area (TPSA) is 55.7 Å². The van der Waals surface area contributed by atoms with E-state index in [4.69, 9.17) is 17.5 Å². The molecule has 1 heterocycles. The summed E-state index contributed by atoms with van der Waals surface area (Å²) in [6.07, 6.45) is 3.21. The number of nitrogens with zero attached hydrogens (tertiary/aromatic N) is 3. The lowest BCUT2D eigenvalue weighted by atomic mass is 10.2. The van der Waals surface area contributed by atoms with Crippen LogP contribution in [0.2, 0.25) is 0 Å². The van der Waals surface area contributed by atoms with Gasteiger partial charge in [-0.15, -0.1) is 0 Å². The van der Waals surface area contributed by atoms with E-state index in [0.717, 1.165) is 0 Å². The Labute approximate surface area is 87.5 Å². The minimum Gasteiger partial charge on any atom is -0.382 e. The Morgan fingerprint density at radius 1 is 1.71 bits per heavy atom. The van der Waals surface area contributed by atoms with Crippen LogP contribution in [0.15, 0.2) is 18.6 Å². The maximum Gasteiger partial charge on any atom is 0.130 e. The SMILES string of the molecule is CN(C)/C=C(/C#N)c1cc(=S)nc[nH]1. The molecule has 0 aliphatic heterocycles. The largest absolute Gasteiger partial charge is 0.382 e. The van der Waals surface area contributed by atoms with Gasteiger partial charge in [0.05, 0.1) is 17.6 Å². The number of hydrogen-bond acceptors (Lipinski definition) is 4. The van der Waals surface area contributed by atoms with Gasteiger partial charge in [0.2, 0.25) is 0 Å². The van der Waals surface area contributed by atoms with Crippen LogP contribution in [0.5, 0.6) is 0 Å². The summed E-state index contributed by atoms with van der Waals surface area (Å²) in [4.78, 5) is 8.52. The molecule has 0 aliphatic rings. The molecule has 0 fully saturated rings.